The molecule has 29 heavy (non-hydrogen) atoms. The van der Waals surface area contributed by atoms with Crippen LogP contribution in [-0.2, 0) is 19.6 Å². The van der Waals surface area contributed by atoms with Crippen LogP contribution in [-0.4, -0.2) is 57.0 Å². The number of benzene rings is 1. The van der Waals surface area contributed by atoms with Crippen molar-refractivity contribution in [3.63, 3.8) is 0 Å². The van der Waals surface area contributed by atoms with E-state index in [2.05, 4.69) is 24.5 Å². The van der Waals surface area contributed by atoms with Gasteiger partial charge in [0.1, 0.15) is 0 Å². The molecule has 7 nitrogen and oxygen atoms in total. The Balaban J connectivity index is 1.64. The van der Waals surface area contributed by atoms with Crippen LogP contribution in [0.25, 0.3) is 0 Å². The lowest BCUT2D eigenvalue weighted by Gasteiger charge is -2.33. The smallest absolute Gasteiger partial charge is 0.282 e. The second-order valence-electron chi connectivity index (χ2n) is 8.45. The molecule has 0 bridgehead atoms. The summed E-state index contributed by atoms with van der Waals surface area (Å²) in [4.78, 5) is 12.9. The highest BCUT2D eigenvalue weighted by molar-refractivity contribution is 7.89. The summed E-state index contributed by atoms with van der Waals surface area (Å²) in [6.45, 7) is 7.98. The van der Waals surface area contributed by atoms with E-state index in [0.717, 1.165) is 6.42 Å². The number of anilines is 1. The van der Waals surface area contributed by atoms with Crippen molar-refractivity contribution >= 4 is 21.6 Å². The minimum Gasteiger partial charge on any atom is -0.379 e. The minimum absolute atomic E-state index is 0.101. The Morgan fingerprint density at radius 2 is 1.97 bits per heavy atom. The Hall–Kier alpha value is -1.48. The number of nitrogens with zero attached hydrogens (tertiary/aromatic N) is 1. The van der Waals surface area contributed by atoms with Gasteiger partial charge in [0, 0.05) is 24.7 Å². The third-order valence-electron chi connectivity index (χ3n) is 6.43. The molecular formula is C21H34N3O4S+. The molecule has 0 spiro atoms. The number of carbonyl (C=O) groups excluding carboxylic acids is 1. The first-order chi connectivity index (χ1) is 13.8. The van der Waals surface area contributed by atoms with E-state index in [0.29, 0.717) is 49.9 Å². The molecule has 2 aliphatic rings. The highest BCUT2D eigenvalue weighted by atomic mass is 32.2. The molecule has 3 N–H and O–H groups in total. The van der Waals surface area contributed by atoms with E-state index in [4.69, 9.17) is 4.74 Å². The second kappa shape index (κ2) is 9.55. The Morgan fingerprint density at radius 3 is 2.69 bits per heavy atom. The number of nitrogens with one attached hydrogen (secondary N) is 1. The van der Waals surface area contributed by atoms with Crippen molar-refractivity contribution in [2.24, 2.45) is 11.8 Å². The van der Waals surface area contributed by atoms with Gasteiger partial charge in [-0.05, 0) is 50.3 Å². The van der Waals surface area contributed by atoms with Crippen LogP contribution in [0, 0.1) is 11.8 Å². The zero-order chi connectivity index (χ0) is 21.0. The third kappa shape index (κ3) is 5.36. The fourth-order valence-corrected chi connectivity index (χ4v) is 5.73. The molecule has 162 valence electrons. The molecule has 8 heteroatoms. The molecule has 0 aromatic heterocycles. The number of carbonyl (C=O) groups is 1. The first-order valence-corrected chi connectivity index (χ1v) is 12.1. The summed E-state index contributed by atoms with van der Waals surface area (Å²) < 4.78 is 32.4. The standard InChI is InChI=1S/C21H33N3O4S/c1-15-6-4-9-20(16(15)2)22-17(3)21(25)23-18-7-5-8-19(14-18)29(26,27)24-10-12-28-13-11-24/h5,7-8,14-17,20,22H,4,6,9-13H2,1-3H3,(H,23,25)/p+1/t15-,16+,17-,20+/m0/s1. The fraction of sp³-hybridized carbons (Fsp3) is 0.667. The van der Waals surface area contributed by atoms with Crippen LogP contribution >= 0.6 is 0 Å². The van der Waals surface area contributed by atoms with Crippen LogP contribution in [0.1, 0.15) is 40.0 Å². The van der Waals surface area contributed by atoms with Gasteiger partial charge >= 0.3 is 0 Å². The maximum Gasteiger partial charge on any atom is 0.282 e. The molecule has 0 radical (unpaired) electrons. The number of quaternary nitrogens is 1. The fourth-order valence-electron chi connectivity index (χ4n) is 4.28. The number of hydrogen-bond acceptors (Lipinski definition) is 4. The first kappa shape index (κ1) is 22.2. The van der Waals surface area contributed by atoms with E-state index in [1.54, 1.807) is 24.3 Å². The predicted octanol–water partition coefficient (Wildman–Crippen LogP) is 1.42. The molecule has 3 rings (SSSR count). The number of nitrogens with two attached hydrogens (primary N) is 1. The van der Waals surface area contributed by atoms with Crippen molar-refractivity contribution in [3.05, 3.63) is 24.3 Å². The van der Waals surface area contributed by atoms with E-state index in [1.807, 2.05) is 6.92 Å². The average molecular weight is 425 g/mol. The molecule has 1 saturated heterocycles. The lowest BCUT2D eigenvalue weighted by molar-refractivity contribution is -0.715. The lowest BCUT2D eigenvalue weighted by Crippen LogP contribution is -2.97. The summed E-state index contributed by atoms with van der Waals surface area (Å²) in [5.41, 5.74) is 0.509. The summed E-state index contributed by atoms with van der Waals surface area (Å²) in [7, 11) is -3.58. The maximum atomic E-state index is 12.8. The third-order valence-corrected chi connectivity index (χ3v) is 8.32. The summed E-state index contributed by atoms with van der Waals surface area (Å²) in [5.74, 6) is 1.17. The molecule has 4 atom stereocenters. The van der Waals surface area contributed by atoms with Crippen LogP contribution in [0.5, 0.6) is 0 Å². The first-order valence-electron chi connectivity index (χ1n) is 10.6. The molecule has 1 aromatic carbocycles. The number of amides is 1. The summed E-state index contributed by atoms with van der Waals surface area (Å²) >= 11 is 0. The molecule has 1 saturated carbocycles. The van der Waals surface area contributed by atoms with Gasteiger partial charge < -0.3 is 15.4 Å². The molecule has 1 heterocycles. The van der Waals surface area contributed by atoms with Crippen molar-refractivity contribution in [1.29, 1.82) is 0 Å². The number of morpholine rings is 1. The van der Waals surface area contributed by atoms with E-state index < -0.39 is 10.0 Å². The van der Waals surface area contributed by atoms with Gasteiger partial charge in [-0.2, -0.15) is 4.31 Å². The Morgan fingerprint density at radius 1 is 1.24 bits per heavy atom. The predicted molar refractivity (Wildman–Crippen MR) is 112 cm³/mol. The quantitative estimate of drug-likeness (QED) is 0.722. The number of sulfonamides is 1. The van der Waals surface area contributed by atoms with E-state index in [9.17, 15) is 13.2 Å². The monoisotopic (exact) mass is 424 g/mol. The summed E-state index contributed by atoms with van der Waals surface area (Å²) in [6.07, 6.45) is 3.61. The largest absolute Gasteiger partial charge is 0.379 e. The molecular weight excluding hydrogens is 390 g/mol. The van der Waals surface area contributed by atoms with Crippen molar-refractivity contribution < 1.29 is 23.3 Å². The van der Waals surface area contributed by atoms with Crippen LogP contribution in [0.15, 0.2) is 29.2 Å². The van der Waals surface area contributed by atoms with Crippen LogP contribution in [0.2, 0.25) is 0 Å². The van der Waals surface area contributed by atoms with E-state index >= 15 is 0 Å². The lowest BCUT2D eigenvalue weighted by atomic mass is 9.78. The van der Waals surface area contributed by atoms with Gasteiger partial charge in [0.2, 0.25) is 10.0 Å². The van der Waals surface area contributed by atoms with Gasteiger partial charge in [0.25, 0.3) is 5.91 Å². The molecule has 1 amide bonds. The Labute approximate surface area is 174 Å². The molecule has 1 aromatic rings. The number of rotatable bonds is 6. The van der Waals surface area contributed by atoms with E-state index in [-0.39, 0.29) is 16.8 Å². The molecule has 1 aliphatic heterocycles. The highest BCUT2D eigenvalue weighted by Crippen LogP contribution is 2.27. The van der Waals surface area contributed by atoms with Crippen molar-refractivity contribution in [2.45, 2.75) is 57.0 Å². The molecule has 1 aliphatic carbocycles. The van der Waals surface area contributed by atoms with Gasteiger partial charge in [0.15, 0.2) is 6.04 Å². The Bertz CT molecular complexity index is 808. The van der Waals surface area contributed by atoms with Crippen LogP contribution in [0.4, 0.5) is 5.69 Å². The van der Waals surface area contributed by atoms with Gasteiger partial charge in [-0.1, -0.05) is 19.9 Å². The summed E-state index contributed by atoms with van der Waals surface area (Å²) in [5, 5.41) is 5.07. The minimum atomic E-state index is -3.58. The van der Waals surface area contributed by atoms with Gasteiger partial charge in [-0.3, -0.25) is 4.79 Å². The average Bonchev–Trinajstić information content (AvgIpc) is 2.72. The summed E-state index contributed by atoms with van der Waals surface area (Å²) in [6, 6.07) is 6.73. The van der Waals surface area contributed by atoms with Crippen LogP contribution < -0.4 is 10.6 Å². The zero-order valence-electron chi connectivity index (χ0n) is 17.6. The zero-order valence-corrected chi connectivity index (χ0v) is 18.5. The SMILES string of the molecule is C[C@@H]1[C@@H](C)CCC[C@H]1[NH2+][C@@H](C)C(=O)Nc1cccc(S(=O)(=O)N2CCOCC2)c1. The van der Waals surface area contributed by atoms with Crippen molar-refractivity contribution in [2.75, 3.05) is 31.6 Å². The van der Waals surface area contributed by atoms with Crippen molar-refractivity contribution in [3.8, 4) is 0 Å². The highest BCUT2D eigenvalue weighted by Gasteiger charge is 2.32. The van der Waals surface area contributed by atoms with Gasteiger partial charge in [0.05, 0.1) is 24.2 Å². The Kier molecular flexibility index (Phi) is 7.32. The second-order valence-corrected chi connectivity index (χ2v) is 10.4. The van der Waals surface area contributed by atoms with Gasteiger partial charge in [-0.25, -0.2) is 8.42 Å². The molecule has 0 unspecified atom stereocenters. The van der Waals surface area contributed by atoms with Gasteiger partial charge in [-0.15, -0.1) is 0 Å². The maximum absolute atomic E-state index is 12.8. The van der Waals surface area contributed by atoms with E-state index in [1.165, 1.54) is 17.1 Å². The van der Waals surface area contributed by atoms with Crippen LogP contribution in [0.3, 0.4) is 0 Å². The normalized spacial score (nSPS) is 27.3. The van der Waals surface area contributed by atoms with Crippen molar-refractivity contribution in [1.82, 2.24) is 4.31 Å². The topological polar surface area (TPSA) is 92.3 Å². The molecule has 2 fully saturated rings. The number of ether oxygens (including phenoxy) is 1. The number of hydrogen-bond donors (Lipinski definition) is 2.